The second-order valence-corrected chi connectivity index (χ2v) is 10.8. The number of nitrogens with zero attached hydrogens (tertiary/aromatic N) is 1. The predicted molar refractivity (Wildman–Crippen MR) is 126 cm³/mol. The Hall–Kier alpha value is -2.76. The van der Waals surface area contributed by atoms with Crippen LogP contribution in [0.15, 0.2) is 103 Å². The molecule has 2 aliphatic heterocycles. The molecule has 0 N–H and O–H groups in total. The quantitative estimate of drug-likeness (QED) is 0.310. The molecule has 0 saturated carbocycles. The molecule has 3 aromatic rings. The lowest BCUT2D eigenvalue weighted by Gasteiger charge is -2.34. The Labute approximate surface area is 189 Å². The Bertz CT molecular complexity index is 1150. The highest BCUT2D eigenvalue weighted by Crippen LogP contribution is 2.82. The van der Waals surface area contributed by atoms with Crippen LogP contribution in [-0.4, -0.2) is 32.1 Å². The zero-order chi connectivity index (χ0) is 21.1. The maximum absolute atomic E-state index is 13.9. The Kier molecular flexibility index (Phi) is 4.20. The Morgan fingerprint density at radius 1 is 0.742 bits per heavy atom. The van der Waals surface area contributed by atoms with Gasteiger partial charge in [0, 0.05) is 16.4 Å². The van der Waals surface area contributed by atoms with Crippen molar-refractivity contribution in [3.8, 4) is 0 Å². The van der Waals surface area contributed by atoms with Crippen LogP contribution in [0.25, 0.3) is 0 Å². The van der Waals surface area contributed by atoms with Gasteiger partial charge in [-0.2, -0.15) is 0 Å². The van der Waals surface area contributed by atoms with Crippen LogP contribution in [0.2, 0.25) is 0 Å². The van der Waals surface area contributed by atoms with Crippen LogP contribution in [0.4, 0.5) is 0 Å². The molecule has 0 bridgehead atoms. The van der Waals surface area contributed by atoms with E-state index in [-0.39, 0.29) is 17.1 Å². The third kappa shape index (κ3) is 2.70. The van der Waals surface area contributed by atoms with Crippen molar-refractivity contribution in [3.05, 3.63) is 120 Å². The summed E-state index contributed by atoms with van der Waals surface area (Å²) >= 11 is 3.57. The topological polar surface area (TPSA) is 37.4 Å². The number of benzene rings is 3. The van der Waals surface area contributed by atoms with E-state index in [9.17, 15) is 9.59 Å². The van der Waals surface area contributed by atoms with E-state index in [0.29, 0.717) is 16.4 Å². The van der Waals surface area contributed by atoms with Gasteiger partial charge in [-0.15, -0.1) is 23.5 Å². The number of hydrogen-bond acceptors (Lipinski definition) is 4. The first-order valence-corrected chi connectivity index (χ1v) is 12.0. The molecule has 3 nitrogen and oxygen atoms in total. The smallest absolute Gasteiger partial charge is 0.262 e. The molecule has 0 aromatic heterocycles. The lowest BCUT2D eigenvalue weighted by molar-refractivity contribution is 0.0525. The highest BCUT2D eigenvalue weighted by atomic mass is 32.2. The van der Waals surface area contributed by atoms with Crippen molar-refractivity contribution in [2.45, 2.75) is 20.1 Å². The maximum Gasteiger partial charge on any atom is 0.262 e. The molecule has 0 radical (unpaired) electrons. The fraction of sp³-hybridized carbons (Fsp3) is 0.154. The molecule has 3 aromatic carbocycles. The molecule has 2 heterocycles. The first-order valence-electron chi connectivity index (χ1n) is 10.3. The average Bonchev–Trinajstić information content (AvgIpc) is 3.74. The summed E-state index contributed by atoms with van der Waals surface area (Å²) in [4.78, 5) is 28.7. The van der Waals surface area contributed by atoms with Crippen molar-refractivity contribution in [2.24, 2.45) is 0 Å². The molecule has 2 saturated heterocycles. The molecule has 2 amide bonds. The lowest BCUT2D eigenvalue weighted by Crippen LogP contribution is -2.54. The van der Waals surface area contributed by atoms with E-state index in [4.69, 9.17) is 0 Å². The standard InChI is InChI=1S/C26H19NO2S2/c28-23(18-10-4-1-5-11-18)27(24(29)19-12-6-2-7-13-19)26-22-21(30-22)16-17-25(26,31-26)20-14-8-3-9-15-20/h1-17,21-22H. The van der Waals surface area contributed by atoms with Crippen LogP contribution in [0.3, 0.4) is 0 Å². The van der Waals surface area contributed by atoms with Gasteiger partial charge >= 0.3 is 0 Å². The van der Waals surface area contributed by atoms with Crippen molar-refractivity contribution >= 4 is 35.3 Å². The SMILES string of the molecule is O=C(c1ccccc1)N(C(=O)c1ccccc1)C12SC1(c1ccccc1)C=CC1SC12. The number of carbonyl (C=O) groups excluding carboxylic acids is 2. The van der Waals surface area contributed by atoms with E-state index in [2.05, 4.69) is 24.3 Å². The van der Waals surface area contributed by atoms with Crippen molar-refractivity contribution in [3.63, 3.8) is 0 Å². The minimum absolute atomic E-state index is 0.197. The number of fused-ring (bicyclic) bond motifs is 3. The second-order valence-electron chi connectivity index (χ2n) is 7.96. The van der Waals surface area contributed by atoms with Crippen molar-refractivity contribution in [1.82, 2.24) is 4.90 Å². The molecule has 1 aliphatic carbocycles. The first kappa shape index (κ1) is 19.0. The number of hydrogen-bond donors (Lipinski definition) is 0. The van der Waals surface area contributed by atoms with Crippen LogP contribution >= 0.6 is 23.5 Å². The van der Waals surface area contributed by atoms with Gasteiger partial charge in [0.1, 0.15) is 4.87 Å². The van der Waals surface area contributed by atoms with E-state index in [0.717, 1.165) is 5.56 Å². The van der Waals surface area contributed by atoms with Crippen LogP contribution in [0.1, 0.15) is 26.3 Å². The van der Waals surface area contributed by atoms with Crippen molar-refractivity contribution < 1.29 is 9.59 Å². The van der Waals surface area contributed by atoms with E-state index in [1.165, 1.54) is 0 Å². The van der Waals surface area contributed by atoms with E-state index in [1.807, 2.05) is 66.4 Å². The minimum atomic E-state index is -0.627. The number of thioether (sulfide) groups is 2. The molecule has 6 rings (SSSR count). The molecule has 4 atom stereocenters. The summed E-state index contributed by atoms with van der Waals surface area (Å²) in [5.41, 5.74) is 2.20. The molecule has 3 aliphatic rings. The number of carbonyl (C=O) groups is 2. The molecular weight excluding hydrogens is 422 g/mol. The van der Waals surface area contributed by atoms with E-state index >= 15 is 0 Å². The molecule has 0 spiro atoms. The first-order chi connectivity index (χ1) is 15.2. The van der Waals surface area contributed by atoms with Gasteiger partial charge in [0.15, 0.2) is 0 Å². The molecule has 152 valence electrons. The van der Waals surface area contributed by atoms with Gasteiger partial charge in [0.25, 0.3) is 11.8 Å². The number of amides is 2. The highest BCUT2D eigenvalue weighted by molar-refractivity contribution is 8.14. The van der Waals surface area contributed by atoms with Gasteiger partial charge in [-0.3, -0.25) is 14.5 Å². The summed E-state index contributed by atoms with van der Waals surface area (Å²) in [7, 11) is 0. The van der Waals surface area contributed by atoms with Crippen LogP contribution in [0, 0.1) is 0 Å². The predicted octanol–water partition coefficient (Wildman–Crippen LogP) is 5.36. The van der Waals surface area contributed by atoms with Crippen molar-refractivity contribution in [2.75, 3.05) is 0 Å². The molecular formula is C26H19NO2S2. The minimum Gasteiger partial charge on any atom is -0.269 e. The Morgan fingerprint density at radius 3 is 1.81 bits per heavy atom. The van der Waals surface area contributed by atoms with Crippen LogP contribution in [-0.2, 0) is 4.75 Å². The second kappa shape index (κ2) is 6.87. The molecule has 5 heteroatoms. The van der Waals surface area contributed by atoms with Crippen LogP contribution in [0.5, 0.6) is 0 Å². The van der Waals surface area contributed by atoms with Crippen LogP contribution < -0.4 is 0 Å². The summed E-state index contributed by atoms with van der Waals surface area (Å²) in [6.45, 7) is 0. The number of rotatable bonds is 4. The van der Waals surface area contributed by atoms with Gasteiger partial charge in [-0.25, -0.2) is 0 Å². The van der Waals surface area contributed by atoms with Crippen molar-refractivity contribution in [1.29, 1.82) is 0 Å². The zero-order valence-electron chi connectivity index (χ0n) is 16.5. The summed E-state index contributed by atoms with van der Waals surface area (Å²) in [5.74, 6) is -0.470. The zero-order valence-corrected chi connectivity index (χ0v) is 18.2. The summed E-state index contributed by atoms with van der Waals surface area (Å²) in [5, 5.41) is 0.546. The van der Waals surface area contributed by atoms with E-state index in [1.54, 1.807) is 40.9 Å². The fourth-order valence-electron chi connectivity index (χ4n) is 4.66. The molecule has 4 unspecified atom stereocenters. The largest absolute Gasteiger partial charge is 0.269 e. The summed E-state index contributed by atoms with van der Waals surface area (Å²) in [6.07, 6.45) is 4.47. The van der Waals surface area contributed by atoms with E-state index < -0.39 is 9.62 Å². The third-order valence-electron chi connectivity index (χ3n) is 6.22. The molecule has 31 heavy (non-hydrogen) atoms. The normalized spacial score (nSPS) is 29.4. The Balaban J connectivity index is 1.52. The van der Waals surface area contributed by atoms with Gasteiger partial charge in [0.05, 0.1) is 10.00 Å². The molecule has 2 fully saturated rings. The van der Waals surface area contributed by atoms with Gasteiger partial charge in [-0.05, 0) is 29.8 Å². The number of imide groups is 1. The van der Waals surface area contributed by atoms with Gasteiger partial charge < -0.3 is 0 Å². The summed E-state index contributed by atoms with van der Waals surface area (Å²) < 4.78 is -0.409. The monoisotopic (exact) mass is 441 g/mol. The summed E-state index contributed by atoms with van der Waals surface area (Å²) in [6, 6.07) is 28.5. The fourth-order valence-corrected chi connectivity index (χ4v) is 8.08. The Morgan fingerprint density at radius 2 is 1.26 bits per heavy atom. The maximum atomic E-state index is 13.9. The van der Waals surface area contributed by atoms with Gasteiger partial charge in [-0.1, -0.05) is 78.9 Å². The highest BCUT2D eigenvalue weighted by Gasteiger charge is 2.82. The third-order valence-corrected chi connectivity index (χ3v) is 9.60. The van der Waals surface area contributed by atoms with Gasteiger partial charge in [0.2, 0.25) is 0 Å². The lowest BCUT2D eigenvalue weighted by atomic mass is 9.83. The average molecular weight is 442 g/mol.